The minimum Gasteiger partial charge on any atom is -0.371 e. The Balaban J connectivity index is 2.38. The quantitative estimate of drug-likeness (QED) is 0.428. The zero-order valence-electron chi connectivity index (χ0n) is 8.05. The number of hydrogen-bond donors (Lipinski definition) is 0. The second-order valence-electron chi connectivity index (χ2n) is 3.46. The molecule has 15 heavy (non-hydrogen) atoms. The monoisotopic (exact) mass is 206 g/mol. The first-order chi connectivity index (χ1) is 7.22. The molecule has 1 aliphatic heterocycles. The highest BCUT2D eigenvalue weighted by Gasteiger charge is 2.19. The molecule has 1 aliphatic rings. The van der Waals surface area contributed by atoms with E-state index in [1.807, 2.05) is 4.90 Å². The summed E-state index contributed by atoms with van der Waals surface area (Å²) in [5.74, 6) is 0. The van der Waals surface area contributed by atoms with E-state index >= 15 is 0 Å². The zero-order chi connectivity index (χ0) is 10.8. The van der Waals surface area contributed by atoms with E-state index in [0.717, 1.165) is 25.2 Å². The summed E-state index contributed by atoms with van der Waals surface area (Å²) in [6.45, 7) is 1.83. The molecule has 5 heteroatoms. The minimum atomic E-state index is -0.493. The van der Waals surface area contributed by atoms with E-state index < -0.39 is 4.92 Å². The average Bonchev–Trinajstić information content (AvgIpc) is 2.15. The van der Waals surface area contributed by atoms with Gasteiger partial charge in [-0.15, -0.1) is 0 Å². The fourth-order valence-electron chi connectivity index (χ4n) is 1.59. The van der Waals surface area contributed by atoms with Crippen LogP contribution in [-0.4, -0.2) is 24.3 Å². The first-order valence-electron chi connectivity index (χ1n) is 4.71. The second kappa shape index (κ2) is 3.68. The van der Waals surface area contributed by atoms with Crippen LogP contribution < -0.4 is 4.90 Å². The molecule has 0 N–H and O–H groups in total. The molecule has 0 radical (unpaired) electrons. The number of rotatable bonds is 3. The van der Waals surface area contributed by atoms with Crippen molar-refractivity contribution < 1.29 is 9.72 Å². The number of benzene rings is 1. The molecule has 1 aromatic rings. The zero-order valence-corrected chi connectivity index (χ0v) is 8.05. The van der Waals surface area contributed by atoms with Crippen LogP contribution in [0.2, 0.25) is 0 Å². The Morgan fingerprint density at radius 2 is 2.13 bits per heavy atom. The van der Waals surface area contributed by atoms with Gasteiger partial charge in [0.1, 0.15) is 0 Å². The third-order valence-electron chi connectivity index (χ3n) is 2.55. The van der Waals surface area contributed by atoms with Crippen LogP contribution >= 0.6 is 0 Å². The lowest BCUT2D eigenvalue weighted by atomic mass is 10.1. The molecule has 1 heterocycles. The third kappa shape index (κ3) is 1.68. The molecule has 0 amide bonds. The van der Waals surface area contributed by atoms with Gasteiger partial charge in [-0.1, -0.05) is 0 Å². The normalized spacial score (nSPS) is 14.5. The minimum absolute atomic E-state index is 0.0404. The number of anilines is 1. The predicted octanol–water partition coefficient (Wildman–Crippen LogP) is 1.62. The van der Waals surface area contributed by atoms with Gasteiger partial charge in [0, 0.05) is 36.5 Å². The van der Waals surface area contributed by atoms with Crippen LogP contribution in [0.3, 0.4) is 0 Å². The van der Waals surface area contributed by atoms with Crippen LogP contribution in [0.15, 0.2) is 18.2 Å². The maximum atomic E-state index is 10.8. The molecular weight excluding hydrogens is 196 g/mol. The number of carbonyl (C=O) groups excluding carboxylic acids is 1. The van der Waals surface area contributed by atoms with Crippen LogP contribution in [-0.2, 0) is 0 Å². The van der Waals surface area contributed by atoms with Crippen molar-refractivity contribution in [1.29, 1.82) is 0 Å². The maximum absolute atomic E-state index is 10.8. The lowest BCUT2D eigenvalue weighted by molar-refractivity contribution is -0.384. The van der Waals surface area contributed by atoms with Crippen molar-refractivity contribution in [2.24, 2.45) is 0 Å². The first kappa shape index (κ1) is 9.64. The van der Waals surface area contributed by atoms with Crippen molar-refractivity contribution >= 4 is 17.7 Å². The second-order valence-corrected chi connectivity index (χ2v) is 3.46. The molecule has 78 valence electrons. The Kier molecular flexibility index (Phi) is 2.37. The van der Waals surface area contributed by atoms with Gasteiger partial charge in [-0.25, -0.2) is 0 Å². The number of nitro benzene ring substituents is 1. The maximum Gasteiger partial charge on any atom is 0.270 e. The molecule has 0 aliphatic carbocycles. The summed E-state index contributed by atoms with van der Waals surface area (Å²) < 4.78 is 0. The van der Waals surface area contributed by atoms with E-state index in [2.05, 4.69) is 0 Å². The van der Waals surface area contributed by atoms with Gasteiger partial charge in [0.25, 0.3) is 5.69 Å². The van der Waals surface area contributed by atoms with Crippen LogP contribution in [0.1, 0.15) is 16.8 Å². The number of hydrogen-bond acceptors (Lipinski definition) is 4. The van der Waals surface area contributed by atoms with E-state index in [9.17, 15) is 14.9 Å². The molecule has 0 unspecified atom stereocenters. The molecule has 0 aromatic heterocycles. The molecule has 0 spiro atoms. The molecule has 0 atom stereocenters. The molecular formula is C10H10N2O3. The van der Waals surface area contributed by atoms with Crippen LogP contribution in [0, 0.1) is 10.1 Å². The highest BCUT2D eigenvalue weighted by molar-refractivity contribution is 5.86. The van der Waals surface area contributed by atoms with E-state index in [1.165, 1.54) is 12.1 Å². The largest absolute Gasteiger partial charge is 0.371 e. The first-order valence-corrected chi connectivity index (χ1v) is 4.71. The Hall–Kier alpha value is -1.91. The SMILES string of the molecule is O=Cc1cc([N+](=O)[O-])ccc1N1CCC1. The van der Waals surface area contributed by atoms with E-state index in [-0.39, 0.29) is 5.69 Å². The van der Waals surface area contributed by atoms with Crippen molar-refractivity contribution in [2.75, 3.05) is 18.0 Å². The van der Waals surface area contributed by atoms with Gasteiger partial charge in [0.05, 0.1) is 4.92 Å². The summed E-state index contributed by atoms with van der Waals surface area (Å²) in [5, 5.41) is 10.5. The predicted molar refractivity (Wildman–Crippen MR) is 55.3 cm³/mol. The van der Waals surface area contributed by atoms with Crippen molar-refractivity contribution in [3.8, 4) is 0 Å². The summed E-state index contributed by atoms with van der Waals surface area (Å²) in [7, 11) is 0. The summed E-state index contributed by atoms with van der Waals surface area (Å²) in [5.41, 5.74) is 1.15. The van der Waals surface area contributed by atoms with Crippen molar-refractivity contribution in [2.45, 2.75) is 6.42 Å². The van der Waals surface area contributed by atoms with Crippen molar-refractivity contribution in [1.82, 2.24) is 0 Å². The summed E-state index contributed by atoms with van der Waals surface area (Å²) in [6, 6.07) is 4.39. The lowest BCUT2D eigenvalue weighted by Gasteiger charge is -2.33. The fraction of sp³-hybridized carbons (Fsp3) is 0.300. The number of nitro groups is 1. The topological polar surface area (TPSA) is 63.4 Å². The molecule has 0 saturated carbocycles. The molecule has 1 aromatic carbocycles. The molecule has 2 rings (SSSR count). The smallest absolute Gasteiger partial charge is 0.270 e. The van der Waals surface area contributed by atoms with Gasteiger partial charge >= 0.3 is 0 Å². The highest BCUT2D eigenvalue weighted by Crippen LogP contribution is 2.27. The van der Waals surface area contributed by atoms with Gasteiger partial charge in [-0.05, 0) is 12.5 Å². The van der Waals surface area contributed by atoms with Gasteiger partial charge < -0.3 is 4.90 Å². The lowest BCUT2D eigenvalue weighted by Crippen LogP contribution is -2.37. The number of carbonyl (C=O) groups is 1. The Morgan fingerprint density at radius 3 is 2.60 bits per heavy atom. The van der Waals surface area contributed by atoms with Gasteiger partial charge in [-0.3, -0.25) is 14.9 Å². The molecule has 1 fully saturated rings. The van der Waals surface area contributed by atoms with Gasteiger partial charge in [-0.2, -0.15) is 0 Å². The Labute approximate surface area is 86.5 Å². The van der Waals surface area contributed by atoms with Gasteiger partial charge in [0.2, 0.25) is 0 Å². The summed E-state index contributed by atoms with van der Waals surface area (Å²) in [6.07, 6.45) is 1.77. The third-order valence-corrected chi connectivity index (χ3v) is 2.55. The van der Waals surface area contributed by atoms with Crippen LogP contribution in [0.25, 0.3) is 0 Å². The number of non-ortho nitro benzene ring substituents is 1. The van der Waals surface area contributed by atoms with E-state index in [1.54, 1.807) is 6.07 Å². The Morgan fingerprint density at radius 1 is 1.40 bits per heavy atom. The van der Waals surface area contributed by atoms with Crippen LogP contribution in [0.4, 0.5) is 11.4 Å². The van der Waals surface area contributed by atoms with Gasteiger partial charge in [0.15, 0.2) is 6.29 Å². The standard InChI is InChI=1S/C10H10N2O3/c13-7-8-6-9(12(14)15)2-3-10(8)11-4-1-5-11/h2-3,6-7H,1,4-5H2. The summed E-state index contributed by atoms with van der Waals surface area (Å²) >= 11 is 0. The fourth-order valence-corrected chi connectivity index (χ4v) is 1.59. The highest BCUT2D eigenvalue weighted by atomic mass is 16.6. The average molecular weight is 206 g/mol. The van der Waals surface area contributed by atoms with Crippen LogP contribution in [0.5, 0.6) is 0 Å². The molecule has 5 nitrogen and oxygen atoms in total. The molecule has 0 bridgehead atoms. The Bertz CT molecular complexity index is 413. The molecule has 1 saturated heterocycles. The summed E-state index contributed by atoms with van der Waals surface area (Å²) in [4.78, 5) is 22.8. The van der Waals surface area contributed by atoms with Crippen molar-refractivity contribution in [3.05, 3.63) is 33.9 Å². The van der Waals surface area contributed by atoms with Crippen molar-refractivity contribution in [3.63, 3.8) is 0 Å². The number of nitrogens with zero attached hydrogens (tertiary/aromatic N) is 2. The van der Waals surface area contributed by atoms with E-state index in [4.69, 9.17) is 0 Å². The van der Waals surface area contributed by atoms with E-state index in [0.29, 0.717) is 11.8 Å². The number of aldehydes is 1.